The predicted molar refractivity (Wildman–Crippen MR) is 88.4 cm³/mol. The van der Waals surface area contributed by atoms with Crippen LogP contribution in [0.4, 0.5) is 16.2 Å². The predicted octanol–water partition coefficient (Wildman–Crippen LogP) is 3.78. The monoisotopic (exact) mass is 334 g/mol. The largest absolute Gasteiger partial charge is 0.495 e. The van der Waals surface area contributed by atoms with E-state index in [0.29, 0.717) is 27.7 Å². The summed E-state index contributed by atoms with van der Waals surface area (Å²) in [6.07, 6.45) is 0. The van der Waals surface area contributed by atoms with Gasteiger partial charge in [-0.2, -0.15) is 0 Å². The maximum atomic E-state index is 12.1. The third-order valence-electron chi connectivity index (χ3n) is 2.95. The lowest BCUT2D eigenvalue weighted by Crippen LogP contribution is -2.20. The second-order valence-electron chi connectivity index (χ2n) is 4.50. The van der Waals surface area contributed by atoms with Crippen LogP contribution >= 0.6 is 11.6 Å². The van der Waals surface area contributed by atoms with E-state index >= 15 is 0 Å². The van der Waals surface area contributed by atoms with Crippen LogP contribution in [0.15, 0.2) is 42.5 Å². The molecule has 0 saturated carbocycles. The van der Waals surface area contributed by atoms with E-state index < -0.39 is 12.0 Å². The number of hydrogen-bond acceptors (Lipinski definition) is 4. The summed E-state index contributed by atoms with van der Waals surface area (Å²) in [6, 6.07) is 10.8. The molecule has 0 heterocycles. The molecular formula is C16H15ClN2O4. The first-order chi connectivity index (χ1) is 11.0. The van der Waals surface area contributed by atoms with Crippen molar-refractivity contribution in [3.63, 3.8) is 0 Å². The molecule has 2 aromatic carbocycles. The maximum Gasteiger partial charge on any atom is 0.337 e. The van der Waals surface area contributed by atoms with Gasteiger partial charge in [0.1, 0.15) is 5.75 Å². The van der Waals surface area contributed by atoms with Crippen LogP contribution in [0.5, 0.6) is 5.75 Å². The van der Waals surface area contributed by atoms with Crippen LogP contribution in [0.2, 0.25) is 5.02 Å². The zero-order valence-electron chi connectivity index (χ0n) is 12.6. The minimum atomic E-state index is -0.493. The Bertz CT molecular complexity index is 734. The number of nitrogens with one attached hydrogen (secondary N) is 2. The van der Waals surface area contributed by atoms with Crippen molar-refractivity contribution in [2.75, 3.05) is 24.9 Å². The van der Waals surface area contributed by atoms with Crippen LogP contribution in [0.25, 0.3) is 0 Å². The molecule has 2 aromatic rings. The Balaban J connectivity index is 2.11. The lowest BCUT2D eigenvalue weighted by molar-refractivity contribution is 0.0600. The van der Waals surface area contributed by atoms with E-state index in [1.54, 1.807) is 36.4 Å². The van der Waals surface area contributed by atoms with Gasteiger partial charge in [-0.15, -0.1) is 0 Å². The van der Waals surface area contributed by atoms with Gasteiger partial charge >= 0.3 is 12.0 Å². The van der Waals surface area contributed by atoms with Crippen LogP contribution in [-0.2, 0) is 4.74 Å². The Morgan fingerprint density at radius 1 is 1.04 bits per heavy atom. The van der Waals surface area contributed by atoms with Gasteiger partial charge in [-0.3, -0.25) is 0 Å². The zero-order valence-corrected chi connectivity index (χ0v) is 13.3. The van der Waals surface area contributed by atoms with Crippen LogP contribution in [0.3, 0.4) is 0 Å². The molecule has 2 N–H and O–H groups in total. The van der Waals surface area contributed by atoms with E-state index in [2.05, 4.69) is 15.4 Å². The van der Waals surface area contributed by atoms with E-state index in [1.165, 1.54) is 20.3 Å². The number of methoxy groups -OCH3 is 2. The number of ether oxygens (including phenoxy) is 2. The Morgan fingerprint density at radius 3 is 2.52 bits per heavy atom. The lowest BCUT2D eigenvalue weighted by atomic mass is 10.2. The van der Waals surface area contributed by atoms with E-state index in [9.17, 15) is 9.59 Å². The summed E-state index contributed by atoms with van der Waals surface area (Å²) in [5.74, 6) is -0.00145. The second-order valence-corrected chi connectivity index (χ2v) is 4.93. The van der Waals surface area contributed by atoms with Crippen molar-refractivity contribution in [1.82, 2.24) is 0 Å². The first-order valence-electron chi connectivity index (χ1n) is 6.63. The second kappa shape index (κ2) is 7.51. The van der Waals surface area contributed by atoms with E-state index in [1.807, 2.05) is 0 Å². The molecule has 0 radical (unpaired) electrons. The number of carbonyl (C=O) groups is 2. The third-order valence-corrected chi connectivity index (χ3v) is 3.19. The molecule has 0 unspecified atom stereocenters. The van der Waals surface area contributed by atoms with Crippen molar-refractivity contribution >= 4 is 35.0 Å². The quantitative estimate of drug-likeness (QED) is 0.834. The van der Waals surface area contributed by atoms with Crippen molar-refractivity contribution in [3.05, 3.63) is 53.1 Å². The summed E-state index contributed by atoms with van der Waals surface area (Å²) < 4.78 is 9.79. The molecule has 2 rings (SSSR count). The number of anilines is 2. The molecule has 0 atom stereocenters. The molecule has 0 aromatic heterocycles. The van der Waals surface area contributed by atoms with Crippen molar-refractivity contribution in [2.24, 2.45) is 0 Å². The Hall–Kier alpha value is -2.73. The molecule has 120 valence electrons. The number of hydrogen-bond donors (Lipinski definition) is 2. The smallest absolute Gasteiger partial charge is 0.337 e. The van der Waals surface area contributed by atoms with Gasteiger partial charge in [-0.25, -0.2) is 9.59 Å². The highest BCUT2D eigenvalue weighted by Crippen LogP contribution is 2.27. The summed E-state index contributed by atoms with van der Waals surface area (Å²) in [7, 11) is 2.78. The van der Waals surface area contributed by atoms with E-state index in [-0.39, 0.29) is 0 Å². The molecule has 0 saturated heterocycles. The fourth-order valence-electron chi connectivity index (χ4n) is 1.90. The van der Waals surface area contributed by atoms with Crippen LogP contribution in [-0.4, -0.2) is 26.2 Å². The Kier molecular flexibility index (Phi) is 5.43. The summed E-state index contributed by atoms with van der Waals surface area (Å²) in [5, 5.41) is 5.73. The van der Waals surface area contributed by atoms with Crippen molar-refractivity contribution < 1.29 is 19.1 Å². The topological polar surface area (TPSA) is 76.7 Å². The van der Waals surface area contributed by atoms with Crippen molar-refractivity contribution in [3.8, 4) is 5.75 Å². The summed E-state index contributed by atoms with van der Waals surface area (Å²) >= 11 is 5.91. The molecule has 0 fully saturated rings. The first kappa shape index (κ1) is 16.6. The number of carbonyl (C=O) groups excluding carboxylic acids is 2. The minimum Gasteiger partial charge on any atom is -0.495 e. The number of urea groups is 1. The van der Waals surface area contributed by atoms with E-state index in [0.717, 1.165) is 0 Å². The lowest BCUT2D eigenvalue weighted by Gasteiger charge is -2.12. The average molecular weight is 335 g/mol. The Labute approximate surface area is 138 Å². The summed E-state index contributed by atoms with van der Waals surface area (Å²) in [4.78, 5) is 23.6. The highest BCUT2D eigenvalue weighted by Gasteiger charge is 2.10. The number of amides is 2. The number of rotatable bonds is 4. The van der Waals surface area contributed by atoms with Crippen LogP contribution in [0, 0.1) is 0 Å². The highest BCUT2D eigenvalue weighted by atomic mass is 35.5. The Morgan fingerprint density at radius 2 is 1.83 bits per heavy atom. The number of esters is 1. The highest BCUT2D eigenvalue weighted by molar-refractivity contribution is 6.31. The molecule has 0 aliphatic carbocycles. The van der Waals surface area contributed by atoms with Gasteiger partial charge in [0.25, 0.3) is 0 Å². The molecule has 0 spiro atoms. The van der Waals surface area contributed by atoms with Gasteiger partial charge in [-0.1, -0.05) is 17.7 Å². The van der Waals surface area contributed by atoms with Gasteiger partial charge in [0.05, 0.1) is 25.5 Å². The van der Waals surface area contributed by atoms with Crippen molar-refractivity contribution in [1.29, 1.82) is 0 Å². The summed E-state index contributed by atoms with van der Waals surface area (Å²) in [5.41, 5.74) is 1.22. The van der Waals surface area contributed by atoms with Gasteiger partial charge in [0.2, 0.25) is 0 Å². The molecule has 23 heavy (non-hydrogen) atoms. The maximum absolute atomic E-state index is 12.1. The van der Waals surface area contributed by atoms with Gasteiger partial charge in [0.15, 0.2) is 0 Å². The molecule has 7 heteroatoms. The minimum absolute atomic E-state index is 0.339. The summed E-state index contributed by atoms with van der Waals surface area (Å²) in [6.45, 7) is 0. The zero-order chi connectivity index (χ0) is 16.8. The standard InChI is InChI=1S/C16H15ClN2O4/c1-22-14-7-6-11(17)9-13(14)19-16(21)18-12-5-3-4-10(8-12)15(20)23-2/h3-9H,1-2H3,(H2,18,19,21). The molecule has 0 aliphatic rings. The van der Waals surface area contributed by atoms with Gasteiger partial charge in [0, 0.05) is 10.7 Å². The molecule has 6 nitrogen and oxygen atoms in total. The normalized spacial score (nSPS) is 9.87. The third kappa shape index (κ3) is 4.37. The molecule has 2 amide bonds. The van der Waals surface area contributed by atoms with Crippen LogP contribution in [0.1, 0.15) is 10.4 Å². The van der Waals surface area contributed by atoms with Crippen LogP contribution < -0.4 is 15.4 Å². The number of benzene rings is 2. The van der Waals surface area contributed by atoms with Crippen molar-refractivity contribution in [2.45, 2.75) is 0 Å². The first-order valence-corrected chi connectivity index (χ1v) is 7.01. The SMILES string of the molecule is COC(=O)c1cccc(NC(=O)Nc2cc(Cl)ccc2OC)c1. The molecule has 0 bridgehead atoms. The van der Waals surface area contributed by atoms with Gasteiger partial charge in [-0.05, 0) is 36.4 Å². The number of halogens is 1. The molecular weight excluding hydrogens is 320 g/mol. The fraction of sp³-hybridized carbons (Fsp3) is 0.125. The van der Waals surface area contributed by atoms with Gasteiger partial charge < -0.3 is 20.1 Å². The average Bonchev–Trinajstić information content (AvgIpc) is 2.54. The molecule has 0 aliphatic heterocycles. The fourth-order valence-corrected chi connectivity index (χ4v) is 2.08. The van der Waals surface area contributed by atoms with E-state index in [4.69, 9.17) is 16.3 Å².